The fourth-order valence-electron chi connectivity index (χ4n) is 9.71. The zero-order valence-electron chi connectivity index (χ0n) is 51.2. The van der Waals surface area contributed by atoms with E-state index < -0.39 is 6.10 Å². The molecule has 6 heteroatoms. The summed E-state index contributed by atoms with van der Waals surface area (Å²) in [4.78, 5) is 38.4. The molecule has 0 aliphatic heterocycles. The molecule has 0 aliphatic rings. The smallest absolute Gasteiger partial charge is 0.306 e. The zero-order chi connectivity index (χ0) is 55.7. The molecule has 1 atom stereocenters. The van der Waals surface area contributed by atoms with Gasteiger partial charge in [-0.3, -0.25) is 14.4 Å². The highest BCUT2D eigenvalue weighted by Gasteiger charge is 2.19. The van der Waals surface area contributed by atoms with Crippen molar-refractivity contribution < 1.29 is 28.6 Å². The van der Waals surface area contributed by atoms with E-state index in [2.05, 4.69) is 93.7 Å². The largest absolute Gasteiger partial charge is 0.462 e. The Hall–Kier alpha value is -3.15. The molecule has 0 aromatic carbocycles. The van der Waals surface area contributed by atoms with Gasteiger partial charge in [-0.1, -0.05) is 312 Å². The molecule has 0 fully saturated rings. The van der Waals surface area contributed by atoms with Crippen molar-refractivity contribution in [1.29, 1.82) is 0 Å². The van der Waals surface area contributed by atoms with E-state index in [1.165, 1.54) is 218 Å². The zero-order valence-corrected chi connectivity index (χ0v) is 51.2. The van der Waals surface area contributed by atoms with Gasteiger partial charge < -0.3 is 14.2 Å². The molecule has 0 saturated carbocycles. The lowest BCUT2D eigenvalue weighted by molar-refractivity contribution is -0.167. The molecule has 446 valence electrons. The lowest BCUT2D eigenvalue weighted by Gasteiger charge is -2.18. The number of hydrogen-bond acceptors (Lipinski definition) is 6. The van der Waals surface area contributed by atoms with Crippen LogP contribution in [0.4, 0.5) is 0 Å². The highest BCUT2D eigenvalue weighted by atomic mass is 16.6. The first-order valence-corrected chi connectivity index (χ1v) is 33.4. The number of carbonyl (C=O) groups is 3. The van der Waals surface area contributed by atoms with Crippen molar-refractivity contribution in [2.45, 2.75) is 348 Å². The molecule has 0 saturated heterocycles. The lowest BCUT2D eigenvalue weighted by Crippen LogP contribution is -2.30. The third-order valence-electron chi connectivity index (χ3n) is 14.7. The SMILES string of the molecule is CC/C=C\C/C=C\C/C=C\C/C=C\C/C=C\CCCC(=O)OCC(COC(=O)CCCCCCCCCCCCCCCCCCCCCCCCC)OC(=O)CCCCCCCCCCC/C=C\CCCCCCCC. The molecule has 0 heterocycles. The second-order valence-electron chi connectivity index (χ2n) is 22.4. The summed E-state index contributed by atoms with van der Waals surface area (Å²) >= 11 is 0. The van der Waals surface area contributed by atoms with Crippen molar-refractivity contribution in [1.82, 2.24) is 0 Å². The Bertz CT molecular complexity index is 1420. The van der Waals surface area contributed by atoms with Gasteiger partial charge in [-0.05, 0) is 83.5 Å². The maximum Gasteiger partial charge on any atom is 0.306 e. The minimum absolute atomic E-state index is 0.0905. The van der Waals surface area contributed by atoms with Gasteiger partial charge in [-0.2, -0.15) is 0 Å². The van der Waals surface area contributed by atoms with Gasteiger partial charge >= 0.3 is 17.9 Å². The van der Waals surface area contributed by atoms with Gasteiger partial charge in [0.1, 0.15) is 13.2 Å². The van der Waals surface area contributed by atoms with E-state index in [9.17, 15) is 14.4 Å². The molecule has 0 bridgehead atoms. The van der Waals surface area contributed by atoms with E-state index in [1.807, 2.05) is 0 Å². The van der Waals surface area contributed by atoms with Crippen LogP contribution in [0.2, 0.25) is 0 Å². The van der Waals surface area contributed by atoms with Gasteiger partial charge in [0.05, 0.1) is 0 Å². The van der Waals surface area contributed by atoms with Crippen molar-refractivity contribution >= 4 is 17.9 Å². The number of hydrogen-bond donors (Lipinski definition) is 0. The number of esters is 3. The summed E-state index contributed by atoms with van der Waals surface area (Å²) in [6.45, 7) is 6.53. The van der Waals surface area contributed by atoms with Gasteiger partial charge in [0.15, 0.2) is 6.10 Å². The summed E-state index contributed by atoms with van der Waals surface area (Å²) < 4.78 is 16.9. The van der Waals surface area contributed by atoms with Gasteiger partial charge in [-0.25, -0.2) is 0 Å². The number of unbranched alkanes of at least 4 members (excludes halogenated alkanes) is 38. The number of rotatable bonds is 61. The van der Waals surface area contributed by atoms with Gasteiger partial charge in [0, 0.05) is 19.3 Å². The van der Waals surface area contributed by atoms with Crippen molar-refractivity contribution in [3.8, 4) is 0 Å². The molecule has 77 heavy (non-hydrogen) atoms. The van der Waals surface area contributed by atoms with Gasteiger partial charge in [0.25, 0.3) is 0 Å². The minimum Gasteiger partial charge on any atom is -0.462 e. The molecule has 0 aromatic rings. The molecular weight excluding hydrogens is 949 g/mol. The third kappa shape index (κ3) is 63.6. The number of allylic oxidation sites excluding steroid dienone is 12. The average molecular weight is 1080 g/mol. The van der Waals surface area contributed by atoms with Crippen LogP contribution in [-0.4, -0.2) is 37.2 Å². The van der Waals surface area contributed by atoms with Crippen LogP contribution in [-0.2, 0) is 28.6 Å². The topological polar surface area (TPSA) is 78.9 Å². The summed E-state index contributed by atoms with van der Waals surface area (Å²) in [5.41, 5.74) is 0. The summed E-state index contributed by atoms with van der Waals surface area (Å²) in [6.07, 6.45) is 85.0. The summed E-state index contributed by atoms with van der Waals surface area (Å²) in [5.74, 6) is -0.935. The van der Waals surface area contributed by atoms with E-state index in [1.54, 1.807) is 0 Å². The van der Waals surface area contributed by atoms with E-state index in [0.717, 1.165) is 77.0 Å². The van der Waals surface area contributed by atoms with Gasteiger partial charge in [-0.15, -0.1) is 0 Å². The molecule has 1 unspecified atom stereocenters. The van der Waals surface area contributed by atoms with Crippen molar-refractivity contribution in [2.24, 2.45) is 0 Å². The standard InChI is InChI=1S/C71H126O6/c1-4-7-10-13-16-19-22-25-28-31-33-34-35-36-38-40-43-46-49-52-55-58-61-64-70(73)76-67-68(66-75-69(72)63-60-57-54-51-48-45-42-39-30-27-24-21-18-15-12-9-6-3)77-71(74)65-62-59-56-53-50-47-44-41-37-32-29-26-23-20-17-14-11-8-5-2/h9,12,18,21,26-27,29-30,42,45,51,54,68H,4-8,10-11,13-17,19-20,22-25,28,31-41,43-44,46-50,52-53,55-67H2,1-3H3/b12-9-,21-18-,29-26-,30-27-,45-42-,54-51-. The molecular formula is C71H126O6. The lowest BCUT2D eigenvalue weighted by atomic mass is 10.0. The molecule has 0 aromatic heterocycles. The molecule has 0 N–H and O–H groups in total. The maximum atomic E-state index is 12.9. The van der Waals surface area contributed by atoms with Crippen LogP contribution < -0.4 is 0 Å². The maximum absolute atomic E-state index is 12.9. The fourth-order valence-corrected chi connectivity index (χ4v) is 9.71. The van der Waals surface area contributed by atoms with E-state index in [-0.39, 0.29) is 37.5 Å². The second-order valence-corrected chi connectivity index (χ2v) is 22.4. The van der Waals surface area contributed by atoms with Crippen LogP contribution in [0.15, 0.2) is 72.9 Å². The third-order valence-corrected chi connectivity index (χ3v) is 14.7. The summed E-state index contributed by atoms with van der Waals surface area (Å²) in [6, 6.07) is 0. The summed E-state index contributed by atoms with van der Waals surface area (Å²) in [7, 11) is 0. The van der Waals surface area contributed by atoms with Crippen LogP contribution >= 0.6 is 0 Å². The molecule has 0 spiro atoms. The predicted octanol–water partition coefficient (Wildman–Crippen LogP) is 22.9. The average Bonchev–Trinajstić information content (AvgIpc) is 3.43. The monoisotopic (exact) mass is 1070 g/mol. The molecule has 0 radical (unpaired) electrons. The molecule has 0 rings (SSSR count). The first-order valence-electron chi connectivity index (χ1n) is 33.4. The normalized spacial score (nSPS) is 12.5. The highest BCUT2D eigenvalue weighted by Crippen LogP contribution is 2.18. The summed E-state index contributed by atoms with van der Waals surface area (Å²) in [5, 5.41) is 0. The Labute approximate surface area is 478 Å². The van der Waals surface area contributed by atoms with E-state index >= 15 is 0 Å². The Kier molecular flexibility index (Phi) is 62.7. The second kappa shape index (κ2) is 65.4. The first-order chi connectivity index (χ1) is 38.0. The van der Waals surface area contributed by atoms with Crippen LogP contribution in [0, 0.1) is 0 Å². The highest BCUT2D eigenvalue weighted by molar-refractivity contribution is 5.71. The number of carbonyl (C=O) groups excluding carboxylic acids is 3. The quantitative estimate of drug-likeness (QED) is 0.0261. The first kappa shape index (κ1) is 73.8. The minimum atomic E-state index is -0.799. The predicted molar refractivity (Wildman–Crippen MR) is 335 cm³/mol. The van der Waals surface area contributed by atoms with E-state index in [0.29, 0.717) is 19.3 Å². The number of ether oxygens (including phenoxy) is 3. The Morgan fingerprint density at radius 3 is 0.857 bits per heavy atom. The van der Waals surface area contributed by atoms with Crippen LogP contribution in [0.25, 0.3) is 0 Å². The van der Waals surface area contributed by atoms with Crippen molar-refractivity contribution in [3.63, 3.8) is 0 Å². The van der Waals surface area contributed by atoms with Crippen molar-refractivity contribution in [3.05, 3.63) is 72.9 Å². The van der Waals surface area contributed by atoms with Crippen LogP contribution in [0.3, 0.4) is 0 Å². The van der Waals surface area contributed by atoms with E-state index in [4.69, 9.17) is 14.2 Å². The molecule has 6 nitrogen and oxygen atoms in total. The van der Waals surface area contributed by atoms with Crippen LogP contribution in [0.1, 0.15) is 342 Å². The van der Waals surface area contributed by atoms with Crippen molar-refractivity contribution in [2.75, 3.05) is 13.2 Å². The fraction of sp³-hybridized carbons (Fsp3) is 0.789. The van der Waals surface area contributed by atoms with Crippen LogP contribution in [0.5, 0.6) is 0 Å². The Balaban J connectivity index is 4.38. The molecule has 0 amide bonds. The van der Waals surface area contributed by atoms with Gasteiger partial charge in [0.2, 0.25) is 0 Å². The Morgan fingerprint density at radius 2 is 0.519 bits per heavy atom. The molecule has 0 aliphatic carbocycles. The Morgan fingerprint density at radius 1 is 0.273 bits per heavy atom.